The molecule has 3 rings (SSSR count). The second-order valence-electron chi connectivity index (χ2n) is 6.20. The number of nitrogens with zero attached hydrogens (tertiary/aromatic N) is 5. The number of methoxy groups -OCH3 is 1. The van der Waals surface area contributed by atoms with Gasteiger partial charge in [-0.1, -0.05) is 17.7 Å². The number of nitrogens with one attached hydrogen (secondary N) is 1. The summed E-state index contributed by atoms with van der Waals surface area (Å²) in [6, 6.07) is 5.50. The number of halogens is 1. The molecule has 0 radical (unpaired) electrons. The molecule has 0 saturated carbocycles. The summed E-state index contributed by atoms with van der Waals surface area (Å²) in [5.74, 6) is 1.40. The minimum Gasteiger partial charge on any atom is -0.496 e. The summed E-state index contributed by atoms with van der Waals surface area (Å²) in [6.07, 6.45) is 3.54. The summed E-state index contributed by atoms with van der Waals surface area (Å²) in [4.78, 5) is 20.6. The second-order valence-corrected chi connectivity index (χ2v) is 6.63. The van der Waals surface area contributed by atoms with E-state index in [9.17, 15) is 4.79 Å². The number of carbonyl (C=O) groups excluding carboxylic acids is 1. The highest BCUT2D eigenvalue weighted by Crippen LogP contribution is 2.23. The Kier molecular flexibility index (Phi) is 5.85. The average Bonchev–Trinajstić information content (AvgIpc) is 3.09. The molecule has 144 valence electrons. The van der Waals surface area contributed by atoms with Crippen molar-refractivity contribution in [2.75, 3.05) is 38.7 Å². The Bertz CT molecular complexity index is 850. The van der Waals surface area contributed by atoms with Crippen LogP contribution < -0.4 is 15.0 Å². The third-order valence-electron chi connectivity index (χ3n) is 4.42. The van der Waals surface area contributed by atoms with Gasteiger partial charge in [0, 0.05) is 50.5 Å². The van der Waals surface area contributed by atoms with E-state index in [1.54, 1.807) is 36.0 Å². The van der Waals surface area contributed by atoms with Crippen molar-refractivity contribution in [2.24, 2.45) is 12.0 Å². The molecule has 0 spiro atoms. The Morgan fingerprint density at radius 1 is 1.41 bits per heavy atom. The number of guanidine groups is 1. The number of rotatable bonds is 4. The molecule has 1 aromatic carbocycles. The van der Waals surface area contributed by atoms with Crippen LogP contribution in [0.4, 0.5) is 5.69 Å². The number of aromatic nitrogens is 2. The highest BCUT2D eigenvalue weighted by molar-refractivity contribution is 6.30. The van der Waals surface area contributed by atoms with Crippen LogP contribution in [-0.4, -0.2) is 60.3 Å². The zero-order valence-corrected chi connectivity index (χ0v) is 16.4. The van der Waals surface area contributed by atoms with E-state index < -0.39 is 0 Å². The fourth-order valence-electron chi connectivity index (χ4n) is 3.05. The SMILES string of the molecule is CN=C(NCc1ccc(Cl)cc1OC)N1CCN(c2cnn(C)c2)C(=O)C1. The molecule has 1 saturated heterocycles. The van der Waals surface area contributed by atoms with Gasteiger partial charge in [-0.2, -0.15) is 5.10 Å². The summed E-state index contributed by atoms with van der Waals surface area (Å²) in [7, 11) is 5.15. The van der Waals surface area contributed by atoms with Crippen LogP contribution in [0, 0.1) is 0 Å². The van der Waals surface area contributed by atoms with Gasteiger partial charge in [-0.25, -0.2) is 0 Å². The van der Waals surface area contributed by atoms with Gasteiger partial charge in [0.15, 0.2) is 5.96 Å². The predicted molar refractivity (Wildman–Crippen MR) is 105 cm³/mol. The zero-order chi connectivity index (χ0) is 19.4. The molecule has 0 aliphatic carbocycles. The summed E-state index contributed by atoms with van der Waals surface area (Å²) >= 11 is 6.01. The molecule has 2 heterocycles. The van der Waals surface area contributed by atoms with Gasteiger partial charge in [0.2, 0.25) is 5.91 Å². The lowest BCUT2D eigenvalue weighted by Crippen LogP contribution is -2.55. The Morgan fingerprint density at radius 3 is 2.85 bits per heavy atom. The van der Waals surface area contributed by atoms with Crippen molar-refractivity contribution in [1.82, 2.24) is 20.0 Å². The normalized spacial score (nSPS) is 15.3. The maximum Gasteiger partial charge on any atom is 0.246 e. The summed E-state index contributed by atoms with van der Waals surface area (Å²) in [5, 5.41) is 8.05. The molecule has 1 aliphatic rings. The first-order valence-corrected chi connectivity index (χ1v) is 8.96. The Labute approximate surface area is 163 Å². The maximum absolute atomic E-state index is 12.6. The van der Waals surface area contributed by atoms with Crippen LogP contribution in [0.25, 0.3) is 0 Å². The van der Waals surface area contributed by atoms with E-state index in [4.69, 9.17) is 16.3 Å². The van der Waals surface area contributed by atoms with Gasteiger partial charge in [-0.15, -0.1) is 0 Å². The molecule has 1 fully saturated rings. The summed E-state index contributed by atoms with van der Waals surface area (Å²) in [5.41, 5.74) is 1.78. The highest BCUT2D eigenvalue weighted by Gasteiger charge is 2.27. The van der Waals surface area contributed by atoms with Crippen molar-refractivity contribution in [1.29, 1.82) is 0 Å². The highest BCUT2D eigenvalue weighted by atomic mass is 35.5. The van der Waals surface area contributed by atoms with Crippen molar-refractivity contribution < 1.29 is 9.53 Å². The van der Waals surface area contributed by atoms with Crippen molar-refractivity contribution in [2.45, 2.75) is 6.54 Å². The van der Waals surface area contributed by atoms with E-state index in [1.807, 2.05) is 30.3 Å². The molecule has 1 aromatic heterocycles. The number of aryl methyl sites for hydroxylation is 1. The van der Waals surface area contributed by atoms with E-state index in [0.29, 0.717) is 36.4 Å². The lowest BCUT2D eigenvalue weighted by Gasteiger charge is -2.35. The monoisotopic (exact) mass is 390 g/mol. The van der Waals surface area contributed by atoms with Gasteiger partial charge in [0.05, 0.1) is 19.0 Å². The third-order valence-corrected chi connectivity index (χ3v) is 4.66. The summed E-state index contributed by atoms with van der Waals surface area (Å²) in [6.45, 7) is 2.03. The number of hydrogen-bond donors (Lipinski definition) is 1. The van der Waals surface area contributed by atoms with E-state index >= 15 is 0 Å². The number of anilines is 1. The Morgan fingerprint density at radius 2 is 2.22 bits per heavy atom. The standard InChI is InChI=1S/C18H23ClN6O2/c1-20-18(21-9-13-4-5-14(19)8-16(13)27-3)24-6-7-25(17(26)12-24)15-10-22-23(2)11-15/h4-5,8,10-11H,6-7,9,12H2,1-3H3,(H,20,21). The van der Waals surface area contributed by atoms with Crippen LogP contribution in [0.3, 0.4) is 0 Å². The number of benzene rings is 1. The molecule has 1 aliphatic heterocycles. The van der Waals surface area contributed by atoms with Crippen molar-refractivity contribution >= 4 is 29.2 Å². The largest absolute Gasteiger partial charge is 0.496 e. The number of piperazine rings is 1. The van der Waals surface area contributed by atoms with Crippen molar-refractivity contribution in [3.63, 3.8) is 0 Å². The van der Waals surface area contributed by atoms with E-state index in [2.05, 4.69) is 15.4 Å². The fraction of sp³-hybridized carbons (Fsp3) is 0.389. The van der Waals surface area contributed by atoms with Crippen molar-refractivity contribution in [3.8, 4) is 5.75 Å². The van der Waals surface area contributed by atoms with E-state index in [-0.39, 0.29) is 12.5 Å². The molecular weight excluding hydrogens is 368 g/mol. The first-order chi connectivity index (χ1) is 13.0. The zero-order valence-electron chi connectivity index (χ0n) is 15.6. The Hall–Kier alpha value is -2.74. The molecule has 1 N–H and O–H groups in total. The van der Waals surface area contributed by atoms with Crippen LogP contribution in [-0.2, 0) is 18.4 Å². The third kappa shape index (κ3) is 4.33. The molecule has 8 nitrogen and oxygen atoms in total. The molecular formula is C18H23ClN6O2. The quantitative estimate of drug-likeness (QED) is 0.632. The molecule has 1 amide bonds. The van der Waals surface area contributed by atoms with Crippen LogP contribution in [0.5, 0.6) is 5.75 Å². The summed E-state index contributed by atoms with van der Waals surface area (Å²) < 4.78 is 7.06. The van der Waals surface area contributed by atoms with Gasteiger partial charge < -0.3 is 19.9 Å². The molecule has 0 unspecified atom stereocenters. The first-order valence-electron chi connectivity index (χ1n) is 8.59. The fourth-order valence-corrected chi connectivity index (χ4v) is 3.21. The number of hydrogen-bond acceptors (Lipinski definition) is 4. The van der Waals surface area contributed by atoms with Gasteiger partial charge in [0.25, 0.3) is 0 Å². The molecule has 9 heteroatoms. The van der Waals surface area contributed by atoms with E-state index in [1.165, 1.54) is 0 Å². The van der Waals surface area contributed by atoms with Gasteiger partial charge in [-0.05, 0) is 12.1 Å². The van der Waals surface area contributed by atoms with Gasteiger partial charge in [0.1, 0.15) is 12.3 Å². The van der Waals surface area contributed by atoms with Crippen molar-refractivity contribution in [3.05, 3.63) is 41.2 Å². The number of ether oxygens (including phenoxy) is 1. The molecule has 27 heavy (non-hydrogen) atoms. The number of carbonyl (C=O) groups is 1. The topological polar surface area (TPSA) is 75.0 Å². The van der Waals surface area contributed by atoms with Gasteiger partial charge in [-0.3, -0.25) is 14.5 Å². The average molecular weight is 391 g/mol. The smallest absolute Gasteiger partial charge is 0.246 e. The predicted octanol–water partition coefficient (Wildman–Crippen LogP) is 1.51. The maximum atomic E-state index is 12.6. The first kappa shape index (κ1) is 19.0. The van der Waals surface area contributed by atoms with Crippen LogP contribution in [0.2, 0.25) is 5.02 Å². The number of amides is 1. The minimum atomic E-state index is 0.0151. The molecule has 0 bridgehead atoms. The lowest BCUT2D eigenvalue weighted by molar-refractivity contribution is -0.120. The van der Waals surface area contributed by atoms with Crippen LogP contribution >= 0.6 is 11.6 Å². The van der Waals surface area contributed by atoms with Crippen LogP contribution in [0.15, 0.2) is 35.6 Å². The van der Waals surface area contributed by atoms with Crippen LogP contribution in [0.1, 0.15) is 5.56 Å². The molecule has 0 atom stereocenters. The Balaban J connectivity index is 1.63. The molecule has 2 aromatic rings. The van der Waals surface area contributed by atoms with E-state index in [0.717, 1.165) is 11.3 Å². The van der Waals surface area contributed by atoms with Gasteiger partial charge >= 0.3 is 0 Å². The lowest BCUT2D eigenvalue weighted by atomic mass is 10.2. The number of aliphatic imine (C=N–C) groups is 1. The second kappa shape index (κ2) is 8.30. The minimum absolute atomic E-state index is 0.0151.